The van der Waals surface area contributed by atoms with Gasteiger partial charge in [-0.15, -0.1) is 0 Å². The Hall–Kier alpha value is -1.11. The van der Waals surface area contributed by atoms with Gasteiger partial charge in [0, 0.05) is 12.8 Å². The van der Waals surface area contributed by atoms with Crippen LogP contribution >= 0.6 is 0 Å². The monoisotopic (exact) mass is 391 g/mol. The Balaban J connectivity index is 3.18. The van der Waals surface area contributed by atoms with Crippen LogP contribution in [0.3, 0.4) is 0 Å². The standard InChI is InChI=1S/C19H37NO5S/c1-26(24,25)20-18(21)16-14-12-10-8-6-4-2-3-5-7-9-11-13-15-17-19(22)23/h2-17H2,1H3,(H,20,21)(H,22,23). The van der Waals surface area contributed by atoms with Gasteiger partial charge in [-0.3, -0.25) is 14.3 Å². The quantitative estimate of drug-likeness (QED) is 0.338. The first-order valence-corrected chi connectivity index (χ1v) is 11.9. The van der Waals surface area contributed by atoms with E-state index in [2.05, 4.69) is 0 Å². The molecule has 0 heterocycles. The highest BCUT2D eigenvalue weighted by atomic mass is 32.2. The van der Waals surface area contributed by atoms with Crippen molar-refractivity contribution in [2.45, 2.75) is 103 Å². The van der Waals surface area contributed by atoms with Crippen LogP contribution < -0.4 is 4.72 Å². The number of carboxylic acids is 1. The number of sulfonamides is 1. The Morgan fingerprint density at radius 2 is 0.962 bits per heavy atom. The fourth-order valence-corrected chi connectivity index (χ4v) is 3.46. The minimum absolute atomic E-state index is 0.281. The van der Waals surface area contributed by atoms with Crippen molar-refractivity contribution in [2.24, 2.45) is 0 Å². The Morgan fingerprint density at radius 3 is 1.27 bits per heavy atom. The van der Waals surface area contributed by atoms with Crippen molar-refractivity contribution in [1.29, 1.82) is 0 Å². The maximum atomic E-state index is 11.3. The SMILES string of the molecule is CS(=O)(=O)NC(=O)CCCCCCCCCCCCCCCCC(=O)O. The smallest absolute Gasteiger partial charge is 0.303 e. The summed E-state index contributed by atoms with van der Waals surface area (Å²) in [4.78, 5) is 21.7. The zero-order chi connectivity index (χ0) is 19.7. The van der Waals surface area contributed by atoms with Gasteiger partial charge >= 0.3 is 5.97 Å². The number of unbranched alkanes of at least 4 members (excludes halogenated alkanes) is 13. The first-order valence-electron chi connectivity index (χ1n) is 10.0. The highest BCUT2D eigenvalue weighted by Gasteiger charge is 2.07. The molecular weight excluding hydrogens is 354 g/mol. The lowest BCUT2D eigenvalue weighted by molar-refractivity contribution is -0.137. The van der Waals surface area contributed by atoms with Crippen LogP contribution in [0.1, 0.15) is 103 Å². The number of nitrogens with one attached hydrogen (secondary N) is 1. The van der Waals surface area contributed by atoms with Gasteiger partial charge in [-0.25, -0.2) is 8.42 Å². The Kier molecular flexibility index (Phi) is 15.4. The zero-order valence-electron chi connectivity index (χ0n) is 16.3. The largest absolute Gasteiger partial charge is 0.481 e. The van der Waals surface area contributed by atoms with Gasteiger partial charge in [0.2, 0.25) is 15.9 Å². The van der Waals surface area contributed by atoms with Gasteiger partial charge in [-0.1, -0.05) is 77.0 Å². The van der Waals surface area contributed by atoms with Crippen molar-refractivity contribution in [3.05, 3.63) is 0 Å². The molecule has 0 aromatic heterocycles. The van der Waals surface area contributed by atoms with Gasteiger partial charge in [0.05, 0.1) is 6.26 Å². The fourth-order valence-electron chi connectivity index (χ4n) is 2.94. The highest BCUT2D eigenvalue weighted by Crippen LogP contribution is 2.13. The minimum atomic E-state index is -3.42. The molecule has 6 nitrogen and oxygen atoms in total. The minimum Gasteiger partial charge on any atom is -0.481 e. The summed E-state index contributed by atoms with van der Waals surface area (Å²) < 4.78 is 23.7. The van der Waals surface area contributed by atoms with Gasteiger partial charge in [-0.2, -0.15) is 0 Å². The molecular formula is C19H37NO5S. The maximum Gasteiger partial charge on any atom is 0.303 e. The molecule has 0 atom stereocenters. The number of carbonyl (C=O) groups is 2. The van der Waals surface area contributed by atoms with E-state index in [0.717, 1.165) is 44.8 Å². The van der Waals surface area contributed by atoms with E-state index >= 15 is 0 Å². The van der Waals surface area contributed by atoms with Crippen LogP contribution in [0.25, 0.3) is 0 Å². The number of hydrogen-bond donors (Lipinski definition) is 2. The molecule has 0 aromatic rings. The van der Waals surface area contributed by atoms with Crippen LogP contribution in [0.4, 0.5) is 0 Å². The number of rotatable bonds is 18. The van der Waals surface area contributed by atoms with Gasteiger partial charge in [0.25, 0.3) is 0 Å². The molecule has 154 valence electrons. The Bertz CT molecular complexity index is 476. The highest BCUT2D eigenvalue weighted by molar-refractivity contribution is 7.89. The molecule has 0 spiro atoms. The Labute approximate surface area is 159 Å². The summed E-state index contributed by atoms with van der Waals surface area (Å²) >= 11 is 0. The summed E-state index contributed by atoms with van der Waals surface area (Å²) in [5, 5.41) is 8.54. The van der Waals surface area contributed by atoms with Gasteiger partial charge in [-0.05, 0) is 12.8 Å². The molecule has 2 N–H and O–H groups in total. The topological polar surface area (TPSA) is 101 Å². The molecule has 0 aliphatic rings. The summed E-state index contributed by atoms with van der Waals surface area (Å²) in [7, 11) is -3.42. The fraction of sp³-hybridized carbons (Fsp3) is 0.895. The van der Waals surface area contributed by atoms with E-state index in [1.165, 1.54) is 51.4 Å². The molecule has 7 heteroatoms. The second-order valence-corrected chi connectivity index (χ2v) is 8.89. The predicted octanol–water partition coefficient (Wildman–Crippen LogP) is 4.39. The van der Waals surface area contributed by atoms with Crippen LogP contribution in [0, 0.1) is 0 Å². The molecule has 26 heavy (non-hydrogen) atoms. The van der Waals surface area contributed by atoms with Crippen molar-refractivity contribution >= 4 is 21.9 Å². The van der Waals surface area contributed by atoms with E-state index in [0.29, 0.717) is 6.42 Å². The van der Waals surface area contributed by atoms with Gasteiger partial charge < -0.3 is 5.11 Å². The molecule has 0 bridgehead atoms. The van der Waals surface area contributed by atoms with E-state index in [-0.39, 0.29) is 6.42 Å². The van der Waals surface area contributed by atoms with Crippen molar-refractivity contribution in [1.82, 2.24) is 4.72 Å². The third-order valence-electron chi connectivity index (χ3n) is 4.34. The molecule has 0 saturated carbocycles. The number of hydrogen-bond acceptors (Lipinski definition) is 4. The maximum absolute atomic E-state index is 11.3. The second-order valence-electron chi connectivity index (χ2n) is 7.14. The summed E-state index contributed by atoms with van der Waals surface area (Å²) in [6.45, 7) is 0. The lowest BCUT2D eigenvalue weighted by Gasteiger charge is -2.04. The molecule has 0 saturated heterocycles. The summed E-state index contributed by atoms with van der Waals surface area (Å²) in [5.41, 5.74) is 0. The van der Waals surface area contributed by atoms with E-state index in [4.69, 9.17) is 5.11 Å². The first kappa shape index (κ1) is 24.9. The van der Waals surface area contributed by atoms with Gasteiger partial charge in [0.1, 0.15) is 0 Å². The van der Waals surface area contributed by atoms with Crippen LogP contribution in [-0.2, 0) is 19.6 Å². The van der Waals surface area contributed by atoms with Crippen LogP contribution in [-0.4, -0.2) is 31.7 Å². The number of carbonyl (C=O) groups excluding carboxylic acids is 1. The lowest BCUT2D eigenvalue weighted by atomic mass is 10.0. The van der Waals surface area contributed by atoms with Crippen molar-refractivity contribution in [2.75, 3.05) is 6.26 Å². The van der Waals surface area contributed by atoms with E-state index in [9.17, 15) is 18.0 Å². The van der Waals surface area contributed by atoms with E-state index < -0.39 is 21.9 Å². The van der Waals surface area contributed by atoms with E-state index in [1.54, 1.807) is 0 Å². The molecule has 0 unspecified atom stereocenters. The van der Waals surface area contributed by atoms with Crippen molar-refractivity contribution < 1.29 is 23.1 Å². The Morgan fingerprint density at radius 1 is 0.654 bits per heavy atom. The van der Waals surface area contributed by atoms with Crippen LogP contribution in [0.5, 0.6) is 0 Å². The molecule has 0 aromatic carbocycles. The molecule has 1 amide bonds. The number of carboxylic acid groups (broad SMARTS) is 1. The van der Waals surface area contributed by atoms with Crippen LogP contribution in [0.2, 0.25) is 0 Å². The summed E-state index contributed by atoms with van der Waals surface area (Å²) in [6, 6.07) is 0. The molecule has 0 aliphatic carbocycles. The van der Waals surface area contributed by atoms with Gasteiger partial charge in [0.15, 0.2) is 0 Å². The van der Waals surface area contributed by atoms with Crippen LogP contribution in [0.15, 0.2) is 0 Å². The number of aliphatic carboxylic acids is 1. The van der Waals surface area contributed by atoms with Crippen molar-refractivity contribution in [3.63, 3.8) is 0 Å². The molecule has 0 rings (SSSR count). The lowest BCUT2D eigenvalue weighted by Crippen LogP contribution is -2.28. The normalized spacial score (nSPS) is 11.4. The average molecular weight is 392 g/mol. The molecule has 0 aliphatic heterocycles. The zero-order valence-corrected chi connectivity index (χ0v) is 17.1. The third kappa shape index (κ3) is 20.9. The second kappa shape index (κ2) is 16.1. The first-order chi connectivity index (χ1) is 12.3. The summed E-state index contributed by atoms with van der Waals surface area (Å²) in [5.74, 6) is -1.10. The van der Waals surface area contributed by atoms with E-state index in [1.807, 2.05) is 4.72 Å². The molecule has 0 fully saturated rings. The summed E-state index contributed by atoms with van der Waals surface area (Å²) in [6.07, 6.45) is 17.3. The number of amides is 1. The van der Waals surface area contributed by atoms with Crippen molar-refractivity contribution in [3.8, 4) is 0 Å². The predicted molar refractivity (Wildman–Crippen MR) is 104 cm³/mol. The molecule has 0 radical (unpaired) electrons. The third-order valence-corrected chi connectivity index (χ3v) is 4.94. The average Bonchev–Trinajstić information content (AvgIpc) is 2.52.